The van der Waals surface area contributed by atoms with Crippen molar-refractivity contribution in [3.63, 3.8) is 0 Å². The van der Waals surface area contributed by atoms with Crippen molar-refractivity contribution < 1.29 is 57.1 Å². The van der Waals surface area contributed by atoms with E-state index in [0.717, 1.165) is 0 Å². The predicted octanol–water partition coefficient (Wildman–Crippen LogP) is 5.85. The lowest BCUT2D eigenvalue weighted by atomic mass is 10.1. The number of carbonyl (C=O) groups is 4. The van der Waals surface area contributed by atoms with Crippen LogP contribution in [0.2, 0.25) is 0 Å². The third kappa shape index (κ3) is 15.0. The van der Waals surface area contributed by atoms with Crippen molar-refractivity contribution in [1.29, 1.82) is 0 Å². The van der Waals surface area contributed by atoms with Crippen molar-refractivity contribution in [3.05, 3.63) is 96.1 Å². The van der Waals surface area contributed by atoms with Crippen LogP contribution in [-0.2, 0) is 38.1 Å². The molecular weight excluding hydrogens is 648 g/mol. The van der Waals surface area contributed by atoms with Crippen LogP contribution in [-0.4, -0.2) is 76.7 Å². The lowest BCUT2D eigenvalue weighted by Crippen LogP contribution is -2.13. The highest BCUT2D eigenvalue weighted by Crippen LogP contribution is 2.30. The molecule has 0 spiro atoms. The Morgan fingerprint density at radius 2 is 0.740 bits per heavy atom. The van der Waals surface area contributed by atoms with Gasteiger partial charge in [0.25, 0.3) is 0 Å². The van der Waals surface area contributed by atoms with Crippen molar-refractivity contribution in [2.45, 2.75) is 27.7 Å². The number of benzene rings is 2. The van der Waals surface area contributed by atoms with Crippen LogP contribution in [0.25, 0.3) is 12.2 Å². The first-order chi connectivity index (χ1) is 23.8. The van der Waals surface area contributed by atoms with E-state index in [1.165, 1.54) is 0 Å². The van der Waals surface area contributed by atoms with E-state index in [1.54, 1.807) is 76.2 Å². The van der Waals surface area contributed by atoms with Gasteiger partial charge < -0.3 is 37.9 Å². The zero-order chi connectivity index (χ0) is 37.1. The van der Waals surface area contributed by atoms with E-state index in [9.17, 15) is 19.2 Å². The number of carbonyl (C=O) groups excluding carboxylic acids is 4. The number of esters is 4. The van der Waals surface area contributed by atoms with Gasteiger partial charge >= 0.3 is 23.9 Å². The average molecular weight is 693 g/mol. The molecule has 2 rings (SSSR count). The normalized spacial score (nSPS) is 10.4. The largest absolute Gasteiger partial charge is 0.490 e. The van der Waals surface area contributed by atoms with E-state index >= 15 is 0 Å². The van der Waals surface area contributed by atoms with Gasteiger partial charge in [-0.25, -0.2) is 19.2 Å². The quantitative estimate of drug-likeness (QED) is 0.0480. The fraction of sp³-hybridized carbons (Fsp3) is 0.316. The van der Waals surface area contributed by atoms with Gasteiger partial charge in [0.1, 0.15) is 75.9 Å². The molecule has 0 radical (unpaired) electrons. The molecule has 0 saturated carbocycles. The van der Waals surface area contributed by atoms with Crippen molar-refractivity contribution >= 4 is 36.0 Å². The fourth-order valence-electron chi connectivity index (χ4n) is 3.57. The Hall–Kier alpha value is -5.78. The molecule has 0 saturated heterocycles. The molecule has 0 heterocycles. The molecule has 0 N–H and O–H groups in total. The minimum Gasteiger partial charge on any atom is -0.490 e. The monoisotopic (exact) mass is 692 g/mol. The zero-order valence-corrected chi connectivity index (χ0v) is 29.0. The molecule has 12 heteroatoms. The maximum atomic E-state index is 11.8. The molecule has 0 bridgehead atoms. The molecule has 12 nitrogen and oxygen atoms in total. The van der Waals surface area contributed by atoms with Gasteiger partial charge in [-0.1, -0.05) is 38.5 Å². The molecule has 0 fully saturated rings. The van der Waals surface area contributed by atoms with Crippen LogP contribution in [0.4, 0.5) is 0 Å². The first kappa shape index (κ1) is 40.4. The van der Waals surface area contributed by atoms with Gasteiger partial charge in [0, 0.05) is 45.6 Å². The average Bonchev–Trinajstić information content (AvgIpc) is 3.08. The summed E-state index contributed by atoms with van der Waals surface area (Å²) in [6.07, 6.45) is 3.57. The lowest BCUT2D eigenvalue weighted by molar-refractivity contribution is -0.140. The van der Waals surface area contributed by atoms with Crippen molar-refractivity contribution in [1.82, 2.24) is 0 Å². The maximum Gasteiger partial charge on any atom is 0.333 e. The SMILES string of the molecule is C=C(C)C(=O)OCCOc1ccc(/C=C/c2ccc(OCCOC(=O)C(=C)C)cc2OCCOC(=O)C(=C)C)c(OCCOC(=O)C(=C)C)c1. The molecule has 0 aromatic heterocycles. The third-order valence-electron chi connectivity index (χ3n) is 6.12. The van der Waals surface area contributed by atoms with E-state index in [4.69, 9.17) is 37.9 Å². The molecule has 0 unspecified atom stereocenters. The number of hydrogen-bond donors (Lipinski definition) is 0. The van der Waals surface area contributed by atoms with Gasteiger partial charge in [0.15, 0.2) is 0 Å². The highest BCUT2D eigenvalue weighted by Gasteiger charge is 2.11. The minimum atomic E-state index is -0.530. The van der Waals surface area contributed by atoms with Gasteiger partial charge in [-0.05, 0) is 52.0 Å². The molecule has 268 valence electrons. The second-order valence-electron chi connectivity index (χ2n) is 10.8. The van der Waals surface area contributed by atoms with Crippen molar-refractivity contribution in [3.8, 4) is 23.0 Å². The summed E-state index contributed by atoms with van der Waals surface area (Å²) in [4.78, 5) is 46.9. The molecule has 2 aromatic carbocycles. The highest BCUT2D eigenvalue weighted by molar-refractivity contribution is 5.88. The Morgan fingerprint density at radius 3 is 1.02 bits per heavy atom. The molecule has 50 heavy (non-hydrogen) atoms. The summed E-state index contributed by atoms with van der Waals surface area (Å²) in [6, 6.07) is 10.3. The van der Waals surface area contributed by atoms with Gasteiger partial charge in [-0.3, -0.25) is 0 Å². The maximum absolute atomic E-state index is 11.8. The Kier molecular flexibility index (Phi) is 17.2. The Balaban J connectivity index is 2.26. The second kappa shape index (κ2) is 21.2. The zero-order valence-electron chi connectivity index (χ0n) is 29.0. The predicted molar refractivity (Wildman–Crippen MR) is 187 cm³/mol. The summed E-state index contributed by atoms with van der Waals surface area (Å²) in [5, 5.41) is 0. The van der Waals surface area contributed by atoms with Crippen molar-refractivity contribution in [2.24, 2.45) is 0 Å². The smallest absolute Gasteiger partial charge is 0.333 e. The molecular formula is C38H44O12. The summed E-state index contributed by atoms with van der Waals surface area (Å²) in [5.41, 5.74) is 2.41. The number of rotatable bonds is 22. The van der Waals surface area contributed by atoms with E-state index in [2.05, 4.69) is 26.3 Å². The number of hydrogen-bond acceptors (Lipinski definition) is 12. The van der Waals surface area contributed by atoms with Gasteiger partial charge in [-0.2, -0.15) is 0 Å². The van der Waals surface area contributed by atoms with E-state index in [1.807, 2.05) is 0 Å². The molecule has 0 amide bonds. The molecule has 0 aliphatic heterocycles. The van der Waals surface area contributed by atoms with E-state index in [-0.39, 0.29) is 75.1 Å². The van der Waals surface area contributed by atoms with Crippen LogP contribution in [0.1, 0.15) is 38.8 Å². The van der Waals surface area contributed by atoms with Crippen LogP contribution in [0.3, 0.4) is 0 Å². The highest BCUT2D eigenvalue weighted by atomic mass is 16.6. The van der Waals surface area contributed by atoms with Crippen LogP contribution in [0.15, 0.2) is 85.0 Å². The minimum absolute atomic E-state index is 0.0153. The summed E-state index contributed by atoms with van der Waals surface area (Å²) >= 11 is 0. The molecule has 0 aliphatic rings. The van der Waals surface area contributed by atoms with Gasteiger partial charge in [0.05, 0.1) is 0 Å². The third-order valence-corrected chi connectivity index (χ3v) is 6.12. The summed E-state index contributed by atoms with van der Waals surface area (Å²) in [7, 11) is 0. The summed E-state index contributed by atoms with van der Waals surface area (Å²) < 4.78 is 43.8. The molecule has 2 aromatic rings. The first-order valence-electron chi connectivity index (χ1n) is 15.6. The Labute approximate surface area is 292 Å². The molecule has 0 aliphatic carbocycles. The van der Waals surface area contributed by atoms with Gasteiger partial charge in [0.2, 0.25) is 0 Å². The fourth-order valence-corrected chi connectivity index (χ4v) is 3.57. The molecule has 0 atom stereocenters. The topological polar surface area (TPSA) is 142 Å². The summed E-state index contributed by atoms with van der Waals surface area (Å²) in [6.45, 7) is 20.7. The summed E-state index contributed by atoms with van der Waals surface area (Å²) in [5.74, 6) is -0.346. The standard InChI is InChI=1S/C38H44O12/c1-25(2)35(39)47-19-15-43-31-13-11-29(33(23-31)45-17-21-49-37(41)27(5)6)9-10-30-12-14-32(44-16-20-48-36(40)26(3)4)24-34(30)46-18-22-50-38(42)28(7)8/h9-14,23-24H,1,3,5,7,15-22H2,2,4,6,8H3/b10-9+. The Bertz CT molecular complexity index is 1480. The van der Waals surface area contributed by atoms with Crippen molar-refractivity contribution in [2.75, 3.05) is 52.9 Å². The number of ether oxygens (including phenoxy) is 8. The van der Waals surface area contributed by atoms with Crippen LogP contribution in [0.5, 0.6) is 23.0 Å². The van der Waals surface area contributed by atoms with Crippen LogP contribution < -0.4 is 18.9 Å². The van der Waals surface area contributed by atoms with Gasteiger partial charge in [-0.15, -0.1) is 0 Å². The first-order valence-corrected chi connectivity index (χ1v) is 15.6. The van der Waals surface area contributed by atoms with Crippen LogP contribution >= 0.6 is 0 Å². The van der Waals surface area contributed by atoms with E-state index < -0.39 is 23.9 Å². The second-order valence-corrected chi connectivity index (χ2v) is 10.8. The Morgan fingerprint density at radius 1 is 0.460 bits per heavy atom. The van der Waals surface area contributed by atoms with E-state index in [0.29, 0.717) is 34.1 Å². The lowest BCUT2D eigenvalue weighted by Gasteiger charge is -2.14. The van der Waals surface area contributed by atoms with Crippen LogP contribution in [0, 0.1) is 0 Å².